The van der Waals surface area contributed by atoms with Gasteiger partial charge >= 0.3 is 0 Å². The summed E-state index contributed by atoms with van der Waals surface area (Å²) in [7, 11) is -3.58. The van der Waals surface area contributed by atoms with Crippen LogP contribution in [-0.4, -0.2) is 27.4 Å². The monoisotopic (exact) mass is 400 g/mol. The Morgan fingerprint density at radius 1 is 1.13 bits per heavy atom. The van der Waals surface area contributed by atoms with Crippen LogP contribution >= 0.6 is 15.9 Å². The molecule has 23 heavy (non-hydrogen) atoms. The molecule has 0 spiro atoms. The van der Waals surface area contributed by atoms with Gasteiger partial charge in [-0.25, -0.2) is 13.1 Å². The molecule has 0 unspecified atom stereocenters. The highest BCUT2D eigenvalue weighted by atomic mass is 79.9. The first-order valence-electron chi connectivity index (χ1n) is 7.04. The summed E-state index contributed by atoms with van der Waals surface area (Å²) >= 11 is 3.11. The highest BCUT2D eigenvalue weighted by Crippen LogP contribution is 2.13. The molecular formula is C15H17BrN2O4S. The number of carbonyl (C=O) groups excluding carboxylic acids is 1. The van der Waals surface area contributed by atoms with Crippen molar-refractivity contribution in [2.45, 2.75) is 18.2 Å². The van der Waals surface area contributed by atoms with Gasteiger partial charge in [0.25, 0.3) is 5.91 Å². The van der Waals surface area contributed by atoms with E-state index in [-0.39, 0.29) is 23.7 Å². The summed E-state index contributed by atoms with van der Waals surface area (Å²) < 4.78 is 32.2. The molecule has 0 radical (unpaired) electrons. The second kappa shape index (κ2) is 7.76. The first kappa shape index (κ1) is 17.7. The average Bonchev–Trinajstić information content (AvgIpc) is 2.98. The van der Waals surface area contributed by atoms with Crippen LogP contribution in [0.15, 0.2) is 50.4 Å². The topological polar surface area (TPSA) is 88.4 Å². The number of carbonyl (C=O) groups is 1. The Bertz CT molecular complexity index is 769. The Morgan fingerprint density at radius 2 is 1.83 bits per heavy atom. The average molecular weight is 401 g/mol. The Kier molecular flexibility index (Phi) is 5.97. The van der Waals surface area contributed by atoms with Crippen molar-refractivity contribution in [1.29, 1.82) is 0 Å². The molecule has 0 bridgehead atoms. The summed E-state index contributed by atoms with van der Waals surface area (Å²) in [5.41, 5.74) is 1.07. The third-order valence-electron chi connectivity index (χ3n) is 3.14. The number of amides is 1. The van der Waals surface area contributed by atoms with Crippen molar-refractivity contribution >= 4 is 31.9 Å². The predicted molar refractivity (Wildman–Crippen MR) is 89.7 cm³/mol. The number of nitrogens with one attached hydrogen (secondary N) is 2. The highest BCUT2D eigenvalue weighted by molar-refractivity contribution is 9.10. The van der Waals surface area contributed by atoms with Gasteiger partial charge in [-0.3, -0.25) is 4.79 Å². The number of rotatable bonds is 7. The van der Waals surface area contributed by atoms with Gasteiger partial charge in [-0.15, -0.1) is 0 Å². The van der Waals surface area contributed by atoms with Crippen molar-refractivity contribution in [3.8, 4) is 0 Å². The predicted octanol–water partition coefficient (Wildman–Crippen LogP) is 2.31. The maximum atomic E-state index is 12.1. The van der Waals surface area contributed by atoms with Crippen LogP contribution in [0.5, 0.6) is 0 Å². The molecule has 0 fully saturated rings. The van der Waals surface area contributed by atoms with Gasteiger partial charge < -0.3 is 9.73 Å². The van der Waals surface area contributed by atoms with Crippen LogP contribution in [-0.2, 0) is 16.4 Å². The van der Waals surface area contributed by atoms with Gasteiger partial charge in [0.05, 0.1) is 4.90 Å². The Morgan fingerprint density at radius 3 is 2.39 bits per heavy atom. The molecule has 2 rings (SSSR count). The molecule has 0 aliphatic heterocycles. The van der Waals surface area contributed by atoms with Crippen molar-refractivity contribution < 1.29 is 17.6 Å². The molecule has 8 heteroatoms. The summed E-state index contributed by atoms with van der Waals surface area (Å²) in [4.78, 5) is 11.9. The minimum atomic E-state index is -3.58. The van der Waals surface area contributed by atoms with Gasteiger partial charge in [-0.1, -0.05) is 19.1 Å². The number of halogens is 1. The minimum Gasteiger partial charge on any atom is -0.444 e. The minimum absolute atomic E-state index is 0.0888. The second-order valence-corrected chi connectivity index (χ2v) is 7.30. The van der Waals surface area contributed by atoms with Gasteiger partial charge in [-0.05, 0) is 52.2 Å². The van der Waals surface area contributed by atoms with E-state index in [9.17, 15) is 13.2 Å². The quantitative estimate of drug-likeness (QED) is 0.697. The third-order valence-corrected chi connectivity index (χ3v) is 5.04. The fraction of sp³-hybridized carbons (Fsp3) is 0.267. The lowest BCUT2D eigenvalue weighted by molar-refractivity contribution is 0.0925. The van der Waals surface area contributed by atoms with Crippen molar-refractivity contribution in [3.63, 3.8) is 0 Å². The van der Waals surface area contributed by atoms with Gasteiger partial charge in [-0.2, -0.15) is 0 Å². The summed E-state index contributed by atoms with van der Waals surface area (Å²) in [6.45, 7) is 2.25. The SMILES string of the molecule is CCc1ccc(S(=O)(=O)NCCNC(=O)c2ccc(Br)o2)cc1. The fourth-order valence-corrected chi connectivity index (χ4v) is 3.21. The Labute approximate surface area is 143 Å². The second-order valence-electron chi connectivity index (χ2n) is 4.75. The molecule has 0 saturated carbocycles. The van der Waals surface area contributed by atoms with E-state index < -0.39 is 15.9 Å². The van der Waals surface area contributed by atoms with Crippen molar-refractivity contribution in [2.24, 2.45) is 0 Å². The third kappa shape index (κ3) is 4.92. The van der Waals surface area contributed by atoms with Gasteiger partial charge in [0.15, 0.2) is 10.4 Å². The molecule has 6 nitrogen and oxygen atoms in total. The van der Waals surface area contributed by atoms with E-state index >= 15 is 0 Å². The summed E-state index contributed by atoms with van der Waals surface area (Å²) in [5.74, 6) is -0.239. The number of furan rings is 1. The number of aryl methyl sites for hydroxylation is 1. The lowest BCUT2D eigenvalue weighted by atomic mass is 10.2. The number of sulfonamides is 1. The lowest BCUT2D eigenvalue weighted by Gasteiger charge is -2.08. The number of hydrogen-bond donors (Lipinski definition) is 2. The number of benzene rings is 1. The van der Waals surface area contributed by atoms with Crippen LogP contribution < -0.4 is 10.0 Å². The van der Waals surface area contributed by atoms with Crippen LogP contribution in [0, 0.1) is 0 Å². The zero-order valence-corrected chi connectivity index (χ0v) is 14.9. The maximum absolute atomic E-state index is 12.1. The van der Waals surface area contributed by atoms with E-state index in [0.29, 0.717) is 4.67 Å². The first-order valence-corrected chi connectivity index (χ1v) is 9.32. The molecule has 2 N–H and O–H groups in total. The van der Waals surface area contributed by atoms with E-state index in [1.807, 2.05) is 6.92 Å². The highest BCUT2D eigenvalue weighted by Gasteiger charge is 2.14. The zero-order valence-electron chi connectivity index (χ0n) is 12.5. The van der Waals surface area contributed by atoms with E-state index in [1.165, 1.54) is 6.07 Å². The van der Waals surface area contributed by atoms with Gasteiger partial charge in [0.1, 0.15) is 0 Å². The van der Waals surface area contributed by atoms with Gasteiger partial charge in [0.2, 0.25) is 10.0 Å². The molecule has 1 aromatic carbocycles. The summed E-state index contributed by atoms with van der Waals surface area (Å²) in [6, 6.07) is 9.84. The summed E-state index contributed by atoms with van der Waals surface area (Å²) in [6.07, 6.45) is 0.850. The molecule has 2 aromatic rings. The van der Waals surface area contributed by atoms with E-state index in [4.69, 9.17) is 4.42 Å². The molecule has 0 aliphatic rings. The van der Waals surface area contributed by atoms with E-state index in [2.05, 4.69) is 26.0 Å². The molecule has 0 atom stereocenters. The van der Waals surface area contributed by atoms with Crippen LogP contribution in [0.1, 0.15) is 23.0 Å². The Hall–Kier alpha value is -1.64. The molecular weight excluding hydrogens is 384 g/mol. The van der Waals surface area contributed by atoms with Crippen LogP contribution in [0.3, 0.4) is 0 Å². The number of hydrogen-bond acceptors (Lipinski definition) is 4. The molecule has 1 amide bonds. The molecule has 124 valence electrons. The van der Waals surface area contributed by atoms with Crippen molar-refractivity contribution in [1.82, 2.24) is 10.0 Å². The van der Waals surface area contributed by atoms with Crippen LogP contribution in [0.25, 0.3) is 0 Å². The normalized spacial score (nSPS) is 11.4. The van der Waals surface area contributed by atoms with Gasteiger partial charge in [0, 0.05) is 13.1 Å². The lowest BCUT2D eigenvalue weighted by Crippen LogP contribution is -2.34. The zero-order chi connectivity index (χ0) is 16.9. The molecule has 1 aromatic heterocycles. The maximum Gasteiger partial charge on any atom is 0.287 e. The standard InChI is InChI=1S/C15H17BrN2O4S/c1-2-11-3-5-12(6-4-11)23(20,21)18-10-9-17-15(19)13-7-8-14(16)22-13/h3-8,18H,2,9-10H2,1H3,(H,17,19). The summed E-state index contributed by atoms with van der Waals surface area (Å²) in [5, 5.41) is 2.57. The molecule has 0 saturated heterocycles. The fourth-order valence-electron chi connectivity index (χ4n) is 1.87. The van der Waals surface area contributed by atoms with Crippen LogP contribution in [0.2, 0.25) is 0 Å². The Balaban J connectivity index is 1.83. The van der Waals surface area contributed by atoms with Crippen molar-refractivity contribution in [2.75, 3.05) is 13.1 Å². The van der Waals surface area contributed by atoms with Crippen LogP contribution in [0.4, 0.5) is 0 Å². The first-order chi connectivity index (χ1) is 10.9. The van der Waals surface area contributed by atoms with Crippen molar-refractivity contribution in [3.05, 3.63) is 52.4 Å². The largest absolute Gasteiger partial charge is 0.444 e. The van der Waals surface area contributed by atoms with E-state index in [0.717, 1.165) is 12.0 Å². The molecule has 1 heterocycles. The molecule has 0 aliphatic carbocycles. The van der Waals surface area contributed by atoms with E-state index in [1.54, 1.807) is 30.3 Å². The smallest absolute Gasteiger partial charge is 0.287 e.